The van der Waals surface area contributed by atoms with Gasteiger partial charge in [0, 0.05) is 35.2 Å². The van der Waals surface area contributed by atoms with Crippen LogP contribution in [0, 0.1) is 0 Å². The van der Waals surface area contributed by atoms with Crippen molar-refractivity contribution in [2.24, 2.45) is 0 Å². The Balaban J connectivity index is 1.13. The number of phenols is 6. The van der Waals surface area contributed by atoms with Crippen molar-refractivity contribution in [2.45, 2.75) is 81.2 Å². The Morgan fingerprint density at radius 3 is 1.76 bits per heavy atom. The molecular weight excluding hydrogens is 1250 g/mol. The number of carboxylic acids is 1. The van der Waals surface area contributed by atoms with Gasteiger partial charge in [0.05, 0.1) is 10.0 Å². The zero-order valence-electron chi connectivity index (χ0n) is 48.0. The van der Waals surface area contributed by atoms with Crippen LogP contribution in [-0.2, 0) is 44.7 Å². The van der Waals surface area contributed by atoms with Crippen LogP contribution in [0.3, 0.4) is 0 Å². The van der Waals surface area contributed by atoms with Crippen LogP contribution in [0.1, 0.15) is 96.0 Å². The van der Waals surface area contributed by atoms with Crippen LogP contribution >= 0.6 is 23.2 Å². The minimum absolute atomic E-state index is 0.00938. The summed E-state index contributed by atoms with van der Waals surface area (Å²) in [6.07, 6.45) is -3.67. The van der Waals surface area contributed by atoms with Crippen molar-refractivity contribution in [3.63, 3.8) is 0 Å². The molecule has 6 aliphatic heterocycles. The second kappa shape index (κ2) is 24.3. The van der Waals surface area contributed by atoms with Gasteiger partial charge in [0.1, 0.15) is 88.2 Å². The smallest absolute Gasteiger partial charge is 0.408 e. The first-order valence-corrected chi connectivity index (χ1v) is 28.6. The van der Waals surface area contributed by atoms with Crippen LogP contribution in [-0.4, -0.2) is 106 Å². The molecule has 0 unspecified atom stereocenters. The number of aromatic hydroxyl groups is 6. The van der Waals surface area contributed by atoms with E-state index in [1.165, 1.54) is 48.5 Å². The highest BCUT2D eigenvalue weighted by molar-refractivity contribution is 6.32. The van der Waals surface area contributed by atoms with Crippen molar-refractivity contribution in [2.75, 3.05) is 0 Å². The summed E-state index contributed by atoms with van der Waals surface area (Å²) in [7, 11) is 0. The molecule has 7 aromatic carbocycles. The minimum atomic E-state index is -2.22. The number of rotatable bonds is 2. The largest absolute Gasteiger partial charge is 0.508 e. The third kappa shape index (κ3) is 12.7. The van der Waals surface area contributed by atoms with E-state index in [4.69, 9.17) is 42.1 Å². The van der Waals surface area contributed by atoms with Crippen LogP contribution in [0.25, 0.3) is 11.1 Å². The molecule has 17 bridgehead atoms. The number of ether oxygens (including phenoxy) is 4. The summed E-state index contributed by atoms with van der Waals surface area (Å²) in [6.45, 7) is 4.71. The van der Waals surface area contributed by atoms with E-state index >= 15 is 19.2 Å². The number of hydrogen-bond acceptors (Lipinski definition) is 19. The lowest BCUT2D eigenvalue weighted by molar-refractivity contribution is -0.143. The van der Waals surface area contributed by atoms with E-state index in [9.17, 15) is 60.0 Å². The molecule has 0 saturated carbocycles. The highest BCUT2D eigenvalue weighted by atomic mass is 35.5. The molecule has 27 nitrogen and oxygen atoms in total. The summed E-state index contributed by atoms with van der Waals surface area (Å²) in [5.74, 6) is -15.7. The van der Waals surface area contributed by atoms with Crippen LogP contribution in [0.15, 0.2) is 115 Å². The van der Waals surface area contributed by atoms with E-state index < -0.39 is 171 Å². The Bertz CT molecular complexity index is 4290. The Morgan fingerprint density at radius 1 is 0.533 bits per heavy atom. The van der Waals surface area contributed by atoms with Gasteiger partial charge in [-0.25, -0.2) is 9.59 Å². The van der Waals surface area contributed by atoms with Crippen molar-refractivity contribution in [3.05, 3.63) is 164 Å². The molecule has 8 atom stereocenters. The summed E-state index contributed by atoms with van der Waals surface area (Å²) in [5.41, 5.74) is -3.43. The molecule has 0 saturated heterocycles. The predicted octanol–water partition coefficient (Wildman–Crippen LogP) is 6.55. The normalized spacial score (nSPS) is 21.3. The molecule has 7 aromatic rings. The first-order chi connectivity index (χ1) is 43.5. The number of halogens is 2. The number of amides is 7. The number of nitrogens with one attached hydrogen (secondary N) is 7. The summed E-state index contributed by atoms with van der Waals surface area (Å²) < 4.78 is 24.0. The van der Waals surface area contributed by atoms with Gasteiger partial charge in [-0.2, -0.15) is 0 Å². The second-order valence-electron chi connectivity index (χ2n) is 22.7. The van der Waals surface area contributed by atoms with Gasteiger partial charge in [0.25, 0.3) is 0 Å². The van der Waals surface area contributed by atoms with Gasteiger partial charge in [0.2, 0.25) is 41.2 Å². The molecule has 15 N–H and O–H groups in total. The number of hydrogen-bond donors (Lipinski definition) is 15. The number of aliphatic hydroxyl groups is 1. The number of carbonyl (C=O) groups excluding carboxylic acids is 7. The predicted molar refractivity (Wildman–Crippen MR) is 320 cm³/mol. The highest BCUT2D eigenvalue weighted by Gasteiger charge is 2.42. The second-order valence-corrected chi connectivity index (χ2v) is 23.5. The van der Waals surface area contributed by atoms with Gasteiger partial charge >= 0.3 is 12.1 Å². The van der Waals surface area contributed by atoms with Crippen LogP contribution in [0.4, 0.5) is 4.79 Å². The minimum Gasteiger partial charge on any atom is -0.508 e. The lowest BCUT2D eigenvalue weighted by Crippen LogP contribution is -2.55. The zero-order chi connectivity index (χ0) is 65.9. The van der Waals surface area contributed by atoms with Crippen LogP contribution in [0.5, 0.6) is 69.0 Å². The van der Waals surface area contributed by atoms with E-state index in [0.717, 1.165) is 66.7 Å². The van der Waals surface area contributed by atoms with Gasteiger partial charge in [-0.05, 0) is 133 Å². The summed E-state index contributed by atoms with van der Waals surface area (Å²) >= 11 is 13.7. The van der Waals surface area contributed by atoms with Crippen molar-refractivity contribution in [1.82, 2.24) is 37.2 Å². The molecule has 474 valence electrons. The summed E-state index contributed by atoms with van der Waals surface area (Å²) in [6, 6.07) is 7.18. The Morgan fingerprint density at radius 2 is 1.11 bits per heavy atom. The number of carboxylic acid groups (broad SMARTS) is 1. The molecule has 92 heavy (non-hydrogen) atoms. The molecule has 13 rings (SSSR count). The molecule has 6 aliphatic rings. The molecule has 0 radical (unpaired) electrons. The van der Waals surface area contributed by atoms with Gasteiger partial charge in [-0.1, -0.05) is 47.5 Å². The Kier molecular flexibility index (Phi) is 16.5. The van der Waals surface area contributed by atoms with Crippen LogP contribution in [0.2, 0.25) is 10.0 Å². The summed E-state index contributed by atoms with van der Waals surface area (Å²) in [5, 5.41) is 108. The van der Waals surface area contributed by atoms with Crippen molar-refractivity contribution in [1.29, 1.82) is 0 Å². The number of fused-ring (bicyclic) bond motifs is 14. The molecule has 0 aliphatic carbocycles. The van der Waals surface area contributed by atoms with E-state index in [1.54, 1.807) is 20.8 Å². The highest BCUT2D eigenvalue weighted by Crippen LogP contribution is 2.48. The standard InChI is InChI=1S/C63H53Cl2N7O20/c1-63(2,3)92-62(88)72-48-26-6-9-39(76)43(18-26)89-32-15-28(14-30(73)21-32)49-58(83)69-50-29-19-44(90-41-10-4-24(12-35(41)64)13-37(55(80)67-49)66-56(48)81)54(79)45(20-29)91-42-11-7-27(17-36(42)65)53(78)52-60(85)70-51(61(86)87)34-22-31(74)23-40(77)46(34)33-16-25(5-8-38(33)75)47(57(82)71-52)68-59(50)84/h4-12,14-23,37,47-53,73-79H,13H2,1-3H3,(H,66,81)(H,67,80)(H,68,84)(H,69,83)(H,70,85)(H,71,82)(H,72,88)(H,86,87)/t37-,47-,48+,49+,50-,51+,52+,53-/m1/s1. The number of alkyl carbamates (subject to hydrolysis) is 1. The topological polar surface area (TPSA) is 420 Å². The molecule has 7 amide bonds. The quantitative estimate of drug-likeness (QED) is 0.0872. The zero-order valence-corrected chi connectivity index (χ0v) is 49.5. The molecule has 29 heteroatoms. The number of phenolic OH excluding ortho intramolecular Hbond substituents is 6. The number of carbonyl (C=O) groups is 8. The fraction of sp³-hybridized carbons (Fsp3) is 0.206. The molecule has 0 fully saturated rings. The number of aliphatic carboxylic acids is 1. The first-order valence-electron chi connectivity index (χ1n) is 27.8. The maximum atomic E-state index is 15.8. The monoisotopic (exact) mass is 1300 g/mol. The summed E-state index contributed by atoms with van der Waals surface area (Å²) in [4.78, 5) is 118. The van der Waals surface area contributed by atoms with E-state index in [-0.39, 0.29) is 66.4 Å². The molecule has 0 spiro atoms. The third-order valence-electron chi connectivity index (χ3n) is 15.1. The number of benzene rings is 7. The SMILES string of the molecule is CC(C)(C)OC(=O)N[C@@H]1C(=O)N[C@@H]2Cc3ccc(c(Cl)c3)Oc3cc4cc(c3O)Oc3ccc(cc3Cl)[C@@H](O)[C@@H]3NC(=O)[C@H](NC(=O)[C@@H]4NC(=O)[C@@H](NC2=O)c2cc(O)cc(c2)Oc2cc1ccc2O)c1ccc(O)c(c1)-c1c(O)cc(O)cc1[C@@H](C(=O)O)NC3=O. The van der Waals surface area contributed by atoms with Gasteiger partial charge in [0.15, 0.2) is 29.0 Å². The fourth-order valence-corrected chi connectivity index (χ4v) is 11.2. The van der Waals surface area contributed by atoms with E-state index in [1.807, 2.05) is 0 Å². The van der Waals surface area contributed by atoms with Crippen molar-refractivity contribution in [3.8, 4) is 80.1 Å². The lowest BCUT2D eigenvalue weighted by atomic mass is 9.89. The molecule has 0 aromatic heterocycles. The van der Waals surface area contributed by atoms with Crippen LogP contribution < -0.4 is 51.4 Å². The van der Waals surface area contributed by atoms with E-state index in [2.05, 4.69) is 37.2 Å². The first kappa shape index (κ1) is 62.4. The van der Waals surface area contributed by atoms with E-state index in [0.29, 0.717) is 0 Å². The molecule has 6 heterocycles. The third-order valence-corrected chi connectivity index (χ3v) is 15.7. The van der Waals surface area contributed by atoms with Crippen molar-refractivity contribution < 1.29 is 98.2 Å². The maximum absolute atomic E-state index is 15.8. The average Bonchev–Trinajstić information content (AvgIpc) is 0.784. The van der Waals surface area contributed by atoms with Gasteiger partial charge < -0.3 is 97.0 Å². The van der Waals surface area contributed by atoms with Crippen molar-refractivity contribution >= 4 is 70.7 Å². The molecular formula is C63H53Cl2N7O20. The van der Waals surface area contributed by atoms with Gasteiger partial charge in [-0.3, -0.25) is 28.8 Å². The number of aliphatic hydroxyl groups excluding tert-OH is 1. The fourth-order valence-electron chi connectivity index (χ4n) is 10.8. The average molecular weight is 1300 g/mol. The van der Waals surface area contributed by atoms with Gasteiger partial charge in [-0.15, -0.1) is 0 Å². The lowest BCUT2D eigenvalue weighted by Gasteiger charge is -2.31. The Hall–Kier alpha value is -11.2. The maximum Gasteiger partial charge on any atom is 0.408 e. The Labute approximate surface area is 529 Å².